The van der Waals surface area contributed by atoms with Gasteiger partial charge in [0.1, 0.15) is 19.8 Å². The first kappa shape index (κ1) is 85.1. The number of phosphoric acid groups is 1. The summed E-state index contributed by atoms with van der Waals surface area (Å²) in [5.74, 6) is -0.855. The number of esters is 2. The average molecular weight is 1260 g/mol. The van der Waals surface area contributed by atoms with E-state index in [9.17, 15) is 19.0 Å². The highest BCUT2D eigenvalue weighted by Crippen LogP contribution is 2.38. The molecule has 0 heterocycles. The van der Waals surface area contributed by atoms with Gasteiger partial charge in [-0.3, -0.25) is 14.2 Å². The summed E-state index contributed by atoms with van der Waals surface area (Å²) in [7, 11) is 1.14. The van der Waals surface area contributed by atoms with Crippen molar-refractivity contribution in [2.24, 2.45) is 0 Å². The van der Waals surface area contributed by atoms with Gasteiger partial charge >= 0.3 is 11.9 Å². The summed E-state index contributed by atoms with van der Waals surface area (Å²) in [5, 5.41) is 0. The van der Waals surface area contributed by atoms with E-state index in [1.165, 1.54) is 70.6 Å². The van der Waals surface area contributed by atoms with E-state index in [1.54, 1.807) is 0 Å². The number of likely N-dealkylation sites (N-methyl/N-ethyl adjacent to an activating group) is 1. The molecular weight excluding hydrogens is 1130 g/mol. The maximum Gasteiger partial charge on any atom is 0.306 e. The molecule has 0 aromatic rings. The predicted molar refractivity (Wildman–Crippen MR) is 387 cm³/mol. The number of unbranched alkanes of at least 4 members (excludes halogenated alkanes) is 19. The van der Waals surface area contributed by atoms with Crippen LogP contribution in [-0.4, -0.2) is 70.0 Å². The number of nitrogens with zero attached hydrogens (tertiary/aromatic N) is 1. The molecule has 0 aliphatic carbocycles. The molecule has 0 aromatic carbocycles. The largest absolute Gasteiger partial charge is 0.756 e. The third-order valence-corrected chi connectivity index (χ3v) is 15.4. The van der Waals surface area contributed by atoms with Crippen LogP contribution in [0.4, 0.5) is 0 Å². The lowest BCUT2D eigenvalue weighted by atomic mass is 10.0. The molecule has 0 aliphatic rings. The Kier molecular flexibility index (Phi) is 64.8. The van der Waals surface area contributed by atoms with E-state index in [4.69, 9.17) is 18.5 Å². The molecule has 9 nitrogen and oxygen atoms in total. The van der Waals surface area contributed by atoms with Crippen LogP contribution in [-0.2, 0) is 32.7 Å². The number of quaternary nitrogens is 1. The Labute approximate surface area is 552 Å². The van der Waals surface area contributed by atoms with Gasteiger partial charge in [0.15, 0.2) is 6.10 Å². The van der Waals surface area contributed by atoms with Gasteiger partial charge in [0.2, 0.25) is 0 Å². The molecule has 2 unspecified atom stereocenters. The summed E-state index contributed by atoms with van der Waals surface area (Å²) >= 11 is 0. The first-order chi connectivity index (χ1) is 44.0. The van der Waals surface area contributed by atoms with Gasteiger partial charge in [-0.25, -0.2) is 0 Å². The average Bonchev–Trinajstić information content (AvgIpc) is 3.62. The summed E-state index contributed by atoms with van der Waals surface area (Å²) in [6, 6.07) is 0. The third kappa shape index (κ3) is 72.2. The zero-order valence-corrected chi connectivity index (χ0v) is 58.7. The molecule has 0 saturated carbocycles. The molecule has 0 amide bonds. The zero-order chi connectivity index (χ0) is 65.5. The number of carbonyl (C=O) groups excluding carboxylic acids is 2. The van der Waals surface area contributed by atoms with Crippen molar-refractivity contribution in [2.75, 3.05) is 47.5 Å². The molecule has 90 heavy (non-hydrogen) atoms. The van der Waals surface area contributed by atoms with E-state index in [0.717, 1.165) is 148 Å². The second-order valence-electron chi connectivity index (χ2n) is 24.1. The van der Waals surface area contributed by atoms with Crippen molar-refractivity contribution < 1.29 is 42.1 Å². The third-order valence-electron chi connectivity index (χ3n) is 14.4. The van der Waals surface area contributed by atoms with Crippen molar-refractivity contribution in [3.05, 3.63) is 182 Å². The summed E-state index contributed by atoms with van der Waals surface area (Å²) in [6.07, 6.45) is 105. The van der Waals surface area contributed by atoms with Gasteiger partial charge in [-0.2, -0.15) is 0 Å². The number of ether oxygens (including phenoxy) is 2. The van der Waals surface area contributed by atoms with Crippen molar-refractivity contribution in [2.45, 2.75) is 264 Å². The highest BCUT2D eigenvalue weighted by atomic mass is 31.2. The van der Waals surface area contributed by atoms with Gasteiger partial charge in [0.05, 0.1) is 27.7 Å². The van der Waals surface area contributed by atoms with Crippen molar-refractivity contribution in [3.8, 4) is 0 Å². The standard InChI is InChI=1S/C80H130NO8P/c1-6-8-10-12-14-16-18-20-22-24-26-28-30-32-33-34-35-36-37-38-39-40-41-42-43-44-45-46-47-49-51-53-55-57-59-61-63-65-67-69-71-73-80(83)89-78(77-88-90(84,85)87-75-74-81(3,4)5)76-86-79(82)72-70-68-66-64-62-60-58-56-54-52-50-48-31-29-27-25-23-21-19-17-15-13-11-9-7-2/h8-11,14-17,20-23,26-29,32-33,35-36,38-39,41-42,44-45,47-50,78H,6-7,12-13,18-19,24-25,30-31,34,37,40,43,46,51-77H2,1-5H3/b10-8-,11-9-,16-14-,17-15-,22-20-,23-21-,28-26-,29-27-,33-32-,36-35-,39-38-,42-41-,45-44-,49-47-,50-48-. The molecule has 0 N–H and O–H groups in total. The number of rotatable bonds is 63. The highest BCUT2D eigenvalue weighted by Gasteiger charge is 2.22. The molecule has 2 atom stereocenters. The molecule has 0 spiro atoms. The van der Waals surface area contributed by atoms with Gasteiger partial charge in [0.25, 0.3) is 7.82 Å². The molecular formula is C80H130NO8P. The van der Waals surface area contributed by atoms with E-state index in [1.807, 2.05) is 21.1 Å². The molecule has 10 heteroatoms. The van der Waals surface area contributed by atoms with Crippen molar-refractivity contribution in [3.63, 3.8) is 0 Å². The number of hydrogen-bond donors (Lipinski definition) is 0. The predicted octanol–water partition coefficient (Wildman–Crippen LogP) is 22.9. The second-order valence-corrected chi connectivity index (χ2v) is 25.5. The SMILES string of the molecule is CC/C=C\C/C=C\C/C=C\C/C=C\C/C=C\C/C=C\C/C=C\C/C=C\C/C=C\C/C=C\CCCCCCCCCCCCC(=O)OC(COC(=O)CCCCCCCCCCC/C=C\C/C=C\C/C=C\C/C=C\C/C=C\CC)COP(=O)([O-])OCC[N+](C)(C)C. The van der Waals surface area contributed by atoms with Crippen LogP contribution in [0.3, 0.4) is 0 Å². The normalized spacial score (nSPS) is 14.2. The molecule has 0 radical (unpaired) electrons. The lowest BCUT2D eigenvalue weighted by Crippen LogP contribution is -2.37. The Morgan fingerprint density at radius 2 is 0.600 bits per heavy atom. The minimum Gasteiger partial charge on any atom is -0.756 e. The molecule has 0 aliphatic heterocycles. The van der Waals surface area contributed by atoms with Crippen molar-refractivity contribution in [1.29, 1.82) is 0 Å². The van der Waals surface area contributed by atoms with Crippen LogP contribution in [0.15, 0.2) is 182 Å². The molecule has 0 fully saturated rings. The molecule has 0 rings (SSSR count). The van der Waals surface area contributed by atoms with Crippen LogP contribution < -0.4 is 4.89 Å². The molecule has 508 valence electrons. The van der Waals surface area contributed by atoms with Crippen molar-refractivity contribution >= 4 is 19.8 Å². The van der Waals surface area contributed by atoms with Crippen LogP contribution in [0, 0.1) is 0 Å². The van der Waals surface area contributed by atoms with Gasteiger partial charge in [-0.05, 0) is 135 Å². The Bertz CT molecular complexity index is 2170. The van der Waals surface area contributed by atoms with E-state index in [0.29, 0.717) is 23.9 Å². The van der Waals surface area contributed by atoms with Crippen LogP contribution in [0.25, 0.3) is 0 Å². The number of phosphoric ester groups is 1. The lowest BCUT2D eigenvalue weighted by Gasteiger charge is -2.28. The number of allylic oxidation sites excluding steroid dienone is 30. The van der Waals surface area contributed by atoms with Crippen LogP contribution in [0.1, 0.15) is 258 Å². The summed E-state index contributed by atoms with van der Waals surface area (Å²) in [4.78, 5) is 38.1. The summed E-state index contributed by atoms with van der Waals surface area (Å²) in [5.41, 5.74) is 0. The monoisotopic (exact) mass is 1260 g/mol. The van der Waals surface area contributed by atoms with E-state index in [2.05, 4.69) is 196 Å². The van der Waals surface area contributed by atoms with Crippen LogP contribution >= 0.6 is 7.82 Å². The topological polar surface area (TPSA) is 111 Å². The Hall–Kier alpha value is -4.89. The second kappa shape index (κ2) is 68.5. The smallest absolute Gasteiger partial charge is 0.306 e. The summed E-state index contributed by atoms with van der Waals surface area (Å²) in [6.45, 7) is 3.99. The maximum absolute atomic E-state index is 12.9. The first-order valence-corrected chi connectivity index (χ1v) is 37.0. The Balaban J connectivity index is 4.12. The zero-order valence-electron chi connectivity index (χ0n) is 57.8. The minimum absolute atomic E-state index is 0.0418. The number of carbonyl (C=O) groups is 2. The fourth-order valence-electron chi connectivity index (χ4n) is 9.06. The fraction of sp³-hybridized carbons (Fsp3) is 0.600. The maximum atomic E-state index is 12.9. The van der Waals surface area contributed by atoms with Gasteiger partial charge in [-0.1, -0.05) is 292 Å². The van der Waals surface area contributed by atoms with Gasteiger partial charge in [0, 0.05) is 12.8 Å². The van der Waals surface area contributed by atoms with E-state index in [-0.39, 0.29) is 26.1 Å². The van der Waals surface area contributed by atoms with Crippen LogP contribution in [0.5, 0.6) is 0 Å². The minimum atomic E-state index is -4.66. The molecule has 0 bridgehead atoms. The van der Waals surface area contributed by atoms with Crippen molar-refractivity contribution in [1.82, 2.24) is 0 Å². The molecule has 0 saturated heterocycles. The van der Waals surface area contributed by atoms with E-state index >= 15 is 0 Å². The first-order valence-electron chi connectivity index (χ1n) is 35.5. The Morgan fingerprint density at radius 3 is 0.889 bits per heavy atom. The Morgan fingerprint density at radius 1 is 0.344 bits per heavy atom. The fourth-order valence-corrected chi connectivity index (χ4v) is 9.79. The van der Waals surface area contributed by atoms with E-state index < -0.39 is 32.5 Å². The van der Waals surface area contributed by atoms with Crippen LogP contribution in [0.2, 0.25) is 0 Å². The van der Waals surface area contributed by atoms with Gasteiger partial charge < -0.3 is 27.9 Å². The molecule has 0 aromatic heterocycles. The summed E-state index contributed by atoms with van der Waals surface area (Å²) < 4.78 is 34.3. The highest BCUT2D eigenvalue weighted by molar-refractivity contribution is 7.45. The van der Waals surface area contributed by atoms with Gasteiger partial charge in [-0.15, -0.1) is 0 Å². The number of hydrogen-bond acceptors (Lipinski definition) is 8. The lowest BCUT2D eigenvalue weighted by molar-refractivity contribution is -0.870. The quantitative estimate of drug-likeness (QED) is 0.0195.